The van der Waals surface area contributed by atoms with Gasteiger partial charge in [0.15, 0.2) is 0 Å². The molecule has 0 radical (unpaired) electrons. The Bertz CT molecular complexity index is 315. The van der Waals surface area contributed by atoms with Gasteiger partial charge in [0, 0.05) is 12.6 Å². The normalized spacial score (nSPS) is 13.9. The van der Waals surface area contributed by atoms with E-state index >= 15 is 0 Å². The molecule has 0 aliphatic heterocycles. The van der Waals surface area contributed by atoms with Crippen molar-refractivity contribution >= 4 is 0 Å². The first-order valence-electron chi connectivity index (χ1n) is 5.41. The van der Waals surface area contributed by atoms with Crippen LogP contribution in [0.2, 0.25) is 0 Å². The minimum Gasteiger partial charge on any atom is -0.389 e. The lowest BCUT2D eigenvalue weighted by Crippen LogP contribution is -2.36. The molecule has 1 atom stereocenters. The van der Waals surface area contributed by atoms with Crippen molar-refractivity contribution in [1.29, 1.82) is 0 Å². The van der Waals surface area contributed by atoms with E-state index in [9.17, 15) is 5.11 Å². The lowest BCUT2D eigenvalue weighted by atomic mass is 10.0. The SMILES string of the molecule is Cc1ccccc1C(C)NCC(C)(C)O. The largest absolute Gasteiger partial charge is 0.389 e. The van der Waals surface area contributed by atoms with Gasteiger partial charge in [-0.15, -0.1) is 0 Å². The highest BCUT2D eigenvalue weighted by molar-refractivity contribution is 5.28. The first kappa shape index (κ1) is 12.2. The van der Waals surface area contributed by atoms with E-state index in [4.69, 9.17) is 0 Å². The van der Waals surface area contributed by atoms with Gasteiger partial charge in [-0.05, 0) is 38.8 Å². The van der Waals surface area contributed by atoms with Crippen LogP contribution >= 0.6 is 0 Å². The number of benzene rings is 1. The number of rotatable bonds is 4. The molecule has 0 amide bonds. The summed E-state index contributed by atoms with van der Waals surface area (Å²) in [5.41, 5.74) is 1.92. The van der Waals surface area contributed by atoms with Gasteiger partial charge < -0.3 is 10.4 Å². The number of nitrogens with one attached hydrogen (secondary N) is 1. The topological polar surface area (TPSA) is 32.3 Å². The van der Waals surface area contributed by atoms with Crippen LogP contribution in [0.15, 0.2) is 24.3 Å². The molecule has 1 rings (SSSR count). The highest BCUT2D eigenvalue weighted by Gasteiger charge is 2.14. The second-order valence-electron chi connectivity index (χ2n) is 4.77. The predicted octanol–water partition coefficient (Wildman–Crippen LogP) is 2.42. The van der Waals surface area contributed by atoms with E-state index in [0.29, 0.717) is 6.54 Å². The Balaban J connectivity index is 2.62. The third kappa shape index (κ3) is 4.02. The van der Waals surface area contributed by atoms with Crippen molar-refractivity contribution in [2.75, 3.05) is 6.54 Å². The number of hydrogen-bond acceptors (Lipinski definition) is 2. The van der Waals surface area contributed by atoms with Crippen LogP contribution in [0.1, 0.15) is 37.9 Å². The molecule has 1 aromatic carbocycles. The van der Waals surface area contributed by atoms with E-state index in [1.54, 1.807) is 0 Å². The lowest BCUT2D eigenvalue weighted by molar-refractivity contribution is 0.0770. The van der Waals surface area contributed by atoms with Crippen molar-refractivity contribution in [3.8, 4) is 0 Å². The molecule has 0 saturated carbocycles. The fourth-order valence-electron chi connectivity index (χ4n) is 1.59. The zero-order valence-electron chi connectivity index (χ0n) is 10.0. The summed E-state index contributed by atoms with van der Waals surface area (Å²) in [6.45, 7) is 8.45. The summed E-state index contributed by atoms with van der Waals surface area (Å²) in [7, 11) is 0. The molecule has 2 nitrogen and oxygen atoms in total. The Morgan fingerprint density at radius 2 is 1.93 bits per heavy atom. The smallest absolute Gasteiger partial charge is 0.0715 e. The molecule has 1 unspecified atom stereocenters. The molecular formula is C13H21NO. The molecule has 1 aromatic rings. The van der Waals surface area contributed by atoms with Gasteiger partial charge in [0.2, 0.25) is 0 Å². The van der Waals surface area contributed by atoms with Crippen LogP contribution < -0.4 is 5.32 Å². The maximum atomic E-state index is 9.62. The summed E-state index contributed by atoms with van der Waals surface area (Å²) in [6, 6.07) is 8.60. The zero-order valence-corrected chi connectivity index (χ0v) is 10.0. The average molecular weight is 207 g/mol. The second kappa shape index (κ2) is 4.77. The van der Waals surface area contributed by atoms with E-state index in [1.165, 1.54) is 11.1 Å². The monoisotopic (exact) mass is 207 g/mol. The first-order valence-corrected chi connectivity index (χ1v) is 5.41. The molecule has 0 heterocycles. The molecule has 84 valence electrons. The fraction of sp³-hybridized carbons (Fsp3) is 0.538. The molecule has 2 N–H and O–H groups in total. The van der Waals surface area contributed by atoms with Crippen molar-refractivity contribution in [2.24, 2.45) is 0 Å². The van der Waals surface area contributed by atoms with E-state index in [2.05, 4.69) is 31.3 Å². The molecule has 0 bridgehead atoms. The van der Waals surface area contributed by atoms with Crippen LogP contribution in [-0.4, -0.2) is 17.3 Å². The van der Waals surface area contributed by atoms with Gasteiger partial charge in [0.25, 0.3) is 0 Å². The minimum absolute atomic E-state index is 0.276. The second-order valence-corrected chi connectivity index (χ2v) is 4.77. The van der Waals surface area contributed by atoms with Gasteiger partial charge in [-0.3, -0.25) is 0 Å². The molecular weight excluding hydrogens is 186 g/mol. The maximum Gasteiger partial charge on any atom is 0.0715 e. The van der Waals surface area contributed by atoms with E-state index in [0.717, 1.165) is 0 Å². The standard InChI is InChI=1S/C13H21NO/c1-10-7-5-6-8-12(10)11(2)14-9-13(3,4)15/h5-8,11,14-15H,9H2,1-4H3. The Hall–Kier alpha value is -0.860. The summed E-state index contributed by atoms with van der Waals surface area (Å²) < 4.78 is 0. The van der Waals surface area contributed by atoms with Gasteiger partial charge in [-0.1, -0.05) is 24.3 Å². The Morgan fingerprint density at radius 3 is 2.47 bits per heavy atom. The number of aliphatic hydroxyl groups is 1. The number of aryl methyl sites for hydroxylation is 1. The Kier molecular flexibility index (Phi) is 3.89. The van der Waals surface area contributed by atoms with E-state index in [1.807, 2.05) is 26.0 Å². The molecule has 15 heavy (non-hydrogen) atoms. The molecule has 0 saturated heterocycles. The first-order chi connectivity index (χ1) is 6.90. The van der Waals surface area contributed by atoms with Gasteiger partial charge in [0.05, 0.1) is 5.60 Å². The van der Waals surface area contributed by atoms with Crippen LogP contribution in [-0.2, 0) is 0 Å². The van der Waals surface area contributed by atoms with Crippen LogP contribution in [0.25, 0.3) is 0 Å². The number of hydrogen-bond donors (Lipinski definition) is 2. The highest BCUT2D eigenvalue weighted by atomic mass is 16.3. The van der Waals surface area contributed by atoms with Crippen LogP contribution in [0.5, 0.6) is 0 Å². The Labute approximate surface area is 92.3 Å². The Morgan fingerprint density at radius 1 is 1.33 bits per heavy atom. The minimum atomic E-state index is -0.656. The van der Waals surface area contributed by atoms with Gasteiger partial charge in [-0.25, -0.2) is 0 Å². The van der Waals surface area contributed by atoms with E-state index < -0.39 is 5.60 Å². The van der Waals surface area contributed by atoms with Crippen LogP contribution in [0.4, 0.5) is 0 Å². The summed E-state index contributed by atoms with van der Waals surface area (Å²) >= 11 is 0. The van der Waals surface area contributed by atoms with Gasteiger partial charge in [-0.2, -0.15) is 0 Å². The van der Waals surface area contributed by atoms with Crippen molar-refractivity contribution < 1.29 is 5.11 Å². The third-order valence-corrected chi connectivity index (χ3v) is 2.50. The fourth-order valence-corrected chi connectivity index (χ4v) is 1.59. The summed E-state index contributed by atoms with van der Waals surface area (Å²) in [5, 5.41) is 12.9. The zero-order chi connectivity index (χ0) is 11.5. The average Bonchev–Trinajstić information content (AvgIpc) is 2.14. The van der Waals surface area contributed by atoms with Crippen molar-refractivity contribution in [3.05, 3.63) is 35.4 Å². The van der Waals surface area contributed by atoms with E-state index in [-0.39, 0.29) is 6.04 Å². The molecule has 0 aliphatic carbocycles. The molecule has 0 fully saturated rings. The maximum absolute atomic E-state index is 9.62. The lowest BCUT2D eigenvalue weighted by Gasteiger charge is -2.22. The van der Waals surface area contributed by atoms with Crippen molar-refractivity contribution in [1.82, 2.24) is 5.32 Å². The third-order valence-electron chi connectivity index (χ3n) is 2.50. The summed E-state index contributed by atoms with van der Waals surface area (Å²) in [5.74, 6) is 0. The highest BCUT2D eigenvalue weighted by Crippen LogP contribution is 2.17. The summed E-state index contributed by atoms with van der Waals surface area (Å²) in [6.07, 6.45) is 0. The molecule has 2 heteroatoms. The molecule has 0 spiro atoms. The van der Waals surface area contributed by atoms with Crippen molar-refractivity contribution in [2.45, 2.75) is 39.3 Å². The summed E-state index contributed by atoms with van der Waals surface area (Å²) in [4.78, 5) is 0. The molecule has 0 aromatic heterocycles. The molecule has 0 aliphatic rings. The van der Waals surface area contributed by atoms with Crippen molar-refractivity contribution in [3.63, 3.8) is 0 Å². The van der Waals surface area contributed by atoms with Gasteiger partial charge >= 0.3 is 0 Å². The quantitative estimate of drug-likeness (QED) is 0.794. The van der Waals surface area contributed by atoms with Crippen LogP contribution in [0, 0.1) is 6.92 Å². The van der Waals surface area contributed by atoms with Gasteiger partial charge in [0.1, 0.15) is 0 Å². The predicted molar refractivity (Wildman–Crippen MR) is 63.9 cm³/mol. The van der Waals surface area contributed by atoms with Crippen LogP contribution in [0.3, 0.4) is 0 Å².